The van der Waals surface area contributed by atoms with Crippen molar-refractivity contribution in [3.8, 4) is 5.75 Å². The number of para-hydroxylation sites is 1. The number of carbonyl (C=O) groups excluding carboxylic acids is 1. The number of amides is 1. The number of nitrogens with zero attached hydrogens (tertiary/aromatic N) is 2. The molecule has 2 aromatic carbocycles. The van der Waals surface area contributed by atoms with Gasteiger partial charge in [-0.15, -0.1) is 0 Å². The van der Waals surface area contributed by atoms with Gasteiger partial charge in [-0.2, -0.15) is 5.10 Å². The molecule has 7 nitrogen and oxygen atoms in total. The van der Waals surface area contributed by atoms with E-state index in [9.17, 15) is 14.9 Å². The van der Waals surface area contributed by atoms with Crippen LogP contribution in [0.4, 0.5) is 5.69 Å². The summed E-state index contributed by atoms with van der Waals surface area (Å²) in [6.45, 7) is 1.62. The summed E-state index contributed by atoms with van der Waals surface area (Å²) >= 11 is 6.74. The summed E-state index contributed by atoms with van der Waals surface area (Å²) in [5, 5.41) is 14.6. The standard InChI is InChI=1S/C16H13Br2N3O4/c1-10-6-12(17)7-13(18)16(10)25-9-15(22)20-19-8-11-4-2-3-5-14(11)21(23)24/h2-8H,9H2,1H3,(H,20,22). The molecule has 0 heterocycles. The summed E-state index contributed by atoms with van der Waals surface area (Å²) in [7, 11) is 0. The summed E-state index contributed by atoms with van der Waals surface area (Å²) < 4.78 is 7.10. The van der Waals surface area contributed by atoms with Gasteiger partial charge in [0.25, 0.3) is 11.6 Å². The Bertz CT molecular complexity index is 817. The zero-order valence-electron chi connectivity index (χ0n) is 13.0. The van der Waals surface area contributed by atoms with Gasteiger partial charge in [-0.1, -0.05) is 28.1 Å². The van der Waals surface area contributed by atoms with Crippen LogP contribution in [0, 0.1) is 17.0 Å². The van der Waals surface area contributed by atoms with E-state index in [4.69, 9.17) is 4.74 Å². The maximum absolute atomic E-state index is 11.8. The number of nitrogens with one attached hydrogen (secondary N) is 1. The second-order valence-corrected chi connectivity index (χ2v) is 6.70. The highest BCUT2D eigenvalue weighted by Crippen LogP contribution is 2.32. The number of hydrogen-bond donors (Lipinski definition) is 1. The highest BCUT2D eigenvalue weighted by molar-refractivity contribution is 9.11. The van der Waals surface area contributed by atoms with Crippen molar-refractivity contribution in [1.29, 1.82) is 0 Å². The first-order chi connectivity index (χ1) is 11.9. The molecule has 0 spiro atoms. The molecule has 0 aliphatic rings. The van der Waals surface area contributed by atoms with Crippen LogP contribution < -0.4 is 10.2 Å². The molecule has 0 bridgehead atoms. The predicted octanol–water partition coefficient (Wildman–Crippen LogP) is 3.96. The van der Waals surface area contributed by atoms with Gasteiger partial charge in [0, 0.05) is 10.5 Å². The molecule has 0 fully saturated rings. The molecule has 0 saturated carbocycles. The predicted molar refractivity (Wildman–Crippen MR) is 101 cm³/mol. The maximum atomic E-state index is 11.8. The molecule has 1 amide bonds. The van der Waals surface area contributed by atoms with Crippen LogP contribution in [0.15, 0.2) is 50.4 Å². The van der Waals surface area contributed by atoms with E-state index in [1.807, 2.05) is 19.1 Å². The van der Waals surface area contributed by atoms with Crippen molar-refractivity contribution in [2.24, 2.45) is 5.10 Å². The summed E-state index contributed by atoms with van der Waals surface area (Å²) in [6, 6.07) is 9.78. The summed E-state index contributed by atoms with van der Waals surface area (Å²) in [6.07, 6.45) is 1.22. The molecule has 0 radical (unpaired) electrons. The van der Waals surface area contributed by atoms with E-state index in [0.29, 0.717) is 11.3 Å². The zero-order valence-corrected chi connectivity index (χ0v) is 16.2. The summed E-state index contributed by atoms with van der Waals surface area (Å²) in [5.74, 6) is 0.0741. The lowest BCUT2D eigenvalue weighted by molar-refractivity contribution is -0.385. The van der Waals surface area contributed by atoms with Gasteiger partial charge in [-0.05, 0) is 46.6 Å². The number of ether oxygens (including phenoxy) is 1. The number of aryl methyl sites for hydroxylation is 1. The van der Waals surface area contributed by atoms with Crippen molar-refractivity contribution in [3.05, 3.63) is 66.6 Å². The monoisotopic (exact) mass is 469 g/mol. The molecule has 0 aliphatic carbocycles. The van der Waals surface area contributed by atoms with Gasteiger partial charge in [0.1, 0.15) is 5.75 Å². The molecular weight excluding hydrogens is 458 g/mol. The fourth-order valence-electron chi connectivity index (χ4n) is 1.98. The molecule has 0 saturated heterocycles. The number of hydrogen-bond acceptors (Lipinski definition) is 5. The third-order valence-corrected chi connectivity index (χ3v) is 4.11. The smallest absolute Gasteiger partial charge is 0.278 e. The van der Waals surface area contributed by atoms with Crippen molar-refractivity contribution in [2.75, 3.05) is 6.61 Å². The first kappa shape index (κ1) is 19.1. The van der Waals surface area contributed by atoms with E-state index in [0.717, 1.165) is 14.5 Å². The van der Waals surface area contributed by atoms with E-state index in [1.54, 1.807) is 12.1 Å². The van der Waals surface area contributed by atoms with E-state index >= 15 is 0 Å². The maximum Gasteiger partial charge on any atom is 0.278 e. The van der Waals surface area contributed by atoms with Crippen molar-refractivity contribution in [2.45, 2.75) is 6.92 Å². The van der Waals surface area contributed by atoms with E-state index in [1.165, 1.54) is 18.3 Å². The van der Waals surface area contributed by atoms with E-state index < -0.39 is 10.8 Å². The minimum Gasteiger partial charge on any atom is -0.482 e. The van der Waals surface area contributed by atoms with E-state index in [-0.39, 0.29) is 12.3 Å². The second-order valence-electron chi connectivity index (χ2n) is 4.93. The quantitative estimate of drug-likeness (QED) is 0.392. The van der Waals surface area contributed by atoms with E-state index in [2.05, 4.69) is 42.4 Å². The Morgan fingerprint density at radius 1 is 1.36 bits per heavy atom. The Labute approximate surface area is 160 Å². The Morgan fingerprint density at radius 2 is 2.08 bits per heavy atom. The van der Waals surface area contributed by atoms with Crippen LogP contribution in [0.5, 0.6) is 5.75 Å². The minimum absolute atomic E-state index is 0.0915. The van der Waals surface area contributed by atoms with Crippen LogP contribution in [0.25, 0.3) is 0 Å². The van der Waals surface area contributed by atoms with Gasteiger partial charge in [-0.3, -0.25) is 14.9 Å². The minimum atomic E-state index is -0.514. The molecule has 9 heteroatoms. The van der Waals surface area contributed by atoms with Crippen molar-refractivity contribution < 1.29 is 14.5 Å². The summed E-state index contributed by atoms with van der Waals surface area (Å²) in [4.78, 5) is 22.2. The van der Waals surface area contributed by atoms with Crippen molar-refractivity contribution in [1.82, 2.24) is 5.43 Å². The Morgan fingerprint density at radius 3 is 2.76 bits per heavy atom. The summed E-state index contributed by atoms with van der Waals surface area (Å²) in [5.41, 5.74) is 3.34. The number of hydrazone groups is 1. The third kappa shape index (κ3) is 5.36. The van der Waals surface area contributed by atoms with Crippen LogP contribution in [-0.2, 0) is 4.79 Å². The second kappa shape index (κ2) is 8.72. The molecule has 0 aliphatic heterocycles. The van der Waals surface area contributed by atoms with Crippen LogP contribution >= 0.6 is 31.9 Å². The van der Waals surface area contributed by atoms with Gasteiger partial charge in [0.05, 0.1) is 21.2 Å². The van der Waals surface area contributed by atoms with Crippen molar-refractivity contribution >= 4 is 49.7 Å². The molecule has 0 unspecified atom stereocenters. The zero-order chi connectivity index (χ0) is 18.4. The van der Waals surface area contributed by atoms with Gasteiger partial charge >= 0.3 is 0 Å². The molecule has 2 rings (SSSR count). The SMILES string of the molecule is Cc1cc(Br)cc(Br)c1OCC(=O)NN=Cc1ccccc1[N+](=O)[O-]. The largest absolute Gasteiger partial charge is 0.482 e. The molecule has 1 N–H and O–H groups in total. The van der Waals surface area contributed by atoms with Crippen LogP contribution in [0.3, 0.4) is 0 Å². The average Bonchev–Trinajstić information content (AvgIpc) is 2.54. The highest BCUT2D eigenvalue weighted by atomic mass is 79.9. The van der Waals surface area contributed by atoms with Gasteiger partial charge in [0.2, 0.25) is 0 Å². The van der Waals surface area contributed by atoms with Crippen molar-refractivity contribution in [3.63, 3.8) is 0 Å². The van der Waals surface area contributed by atoms with Gasteiger partial charge in [0.15, 0.2) is 6.61 Å². The fraction of sp³-hybridized carbons (Fsp3) is 0.125. The number of carbonyl (C=O) groups is 1. The Hall–Kier alpha value is -2.26. The number of halogens is 2. The molecule has 25 heavy (non-hydrogen) atoms. The lowest BCUT2D eigenvalue weighted by Crippen LogP contribution is -2.24. The third-order valence-electron chi connectivity index (χ3n) is 3.07. The lowest BCUT2D eigenvalue weighted by Gasteiger charge is -2.10. The van der Waals surface area contributed by atoms with Gasteiger partial charge in [-0.25, -0.2) is 5.43 Å². The number of nitro groups is 1. The van der Waals surface area contributed by atoms with Crippen LogP contribution in [0.2, 0.25) is 0 Å². The Balaban J connectivity index is 1.95. The Kier molecular flexibility index (Phi) is 6.65. The first-order valence-corrected chi connectivity index (χ1v) is 8.61. The fourth-order valence-corrected chi connectivity index (χ4v) is 3.53. The molecular formula is C16H13Br2N3O4. The number of nitro benzene ring substituents is 1. The number of rotatable bonds is 6. The topological polar surface area (TPSA) is 93.8 Å². The first-order valence-electron chi connectivity index (χ1n) is 7.02. The van der Waals surface area contributed by atoms with Crippen LogP contribution in [-0.4, -0.2) is 23.7 Å². The molecule has 0 aromatic heterocycles. The normalized spacial score (nSPS) is 10.7. The molecule has 0 atom stereocenters. The van der Waals surface area contributed by atoms with Crippen LogP contribution in [0.1, 0.15) is 11.1 Å². The highest BCUT2D eigenvalue weighted by Gasteiger charge is 2.11. The average molecular weight is 471 g/mol. The van der Waals surface area contributed by atoms with Gasteiger partial charge < -0.3 is 4.74 Å². The number of benzene rings is 2. The lowest BCUT2D eigenvalue weighted by atomic mass is 10.2. The molecule has 2 aromatic rings. The molecule has 130 valence electrons.